The van der Waals surface area contributed by atoms with E-state index in [1.807, 2.05) is 6.92 Å². The van der Waals surface area contributed by atoms with Gasteiger partial charge in [0.1, 0.15) is 5.39 Å². The molecule has 0 saturated carbocycles. The molecular formula is C9H10N2O2. The molecule has 1 N–H and O–H groups in total. The maximum absolute atomic E-state index is 11.7. The quantitative estimate of drug-likeness (QED) is 0.664. The molecule has 0 saturated heterocycles. The lowest BCUT2D eigenvalue weighted by atomic mass is 10.1. The Bertz CT molecular complexity index is 522. The van der Waals surface area contributed by atoms with Gasteiger partial charge in [0.15, 0.2) is 5.43 Å². The van der Waals surface area contributed by atoms with E-state index in [0.29, 0.717) is 16.8 Å². The van der Waals surface area contributed by atoms with Crippen LogP contribution >= 0.6 is 0 Å². The van der Waals surface area contributed by atoms with Crippen molar-refractivity contribution in [2.45, 2.75) is 20.8 Å². The van der Waals surface area contributed by atoms with E-state index >= 15 is 0 Å². The van der Waals surface area contributed by atoms with E-state index in [4.69, 9.17) is 4.52 Å². The van der Waals surface area contributed by atoms with Crippen molar-refractivity contribution in [1.82, 2.24) is 10.1 Å². The summed E-state index contributed by atoms with van der Waals surface area (Å²) in [5, 5.41) is 4.29. The molecular weight excluding hydrogens is 168 g/mol. The first kappa shape index (κ1) is 8.04. The first-order valence-corrected chi connectivity index (χ1v) is 4.06. The topological polar surface area (TPSA) is 58.9 Å². The van der Waals surface area contributed by atoms with Gasteiger partial charge < -0.3 is 9.51 Å². The summed E-state index contributed by atoms with van der Waals surface area (Å²) < 4.78 is 4.96. The maximum atomic E-state index is 11.7. The van der Waals surface area contributed by atoms with Gasteiger partial charge in [-0.15, -0.1) is 0 Å². The highest BCUT2D eigenvalue weighted by Gasteiger charge is 2.11. The van der Waals surface area contributed by atoms with E-state index in [9.17, 15) is 4.79 Å². The zero-order valence-corrected chi connectivity index (χ0v) is 7.76. The molecule has 0 spiro atoms. The van der Waals surface area contributed by atoms with Gasteiger partial charge in [-0.1, -0.05) is 5.16 Å². The number of hydrogen-bond donors (Lipinski definition) is 1. The van der Waals surface area contributed by atoms with Crippen LogP contribution in [0.15, 0.2) is 9.32 Å². The van der Waals surface area contributed by atoms with Gasteiger partial charge in [-0.3, -0.25) is 4.79 Å². The van der Waals surface area contributed by atoms with E-state index in [2.05, 4.69) is 10.1 Å². The Labute approximate surface area is 74.6 Å². The third kappa shape index (κ3) is 0.983. The minimum Gasteiger partial charge on any atom is -0.337 e. The Morgan fingerprint density at radius 1 is 1.31 bits per heavy atom. The highest BCUT2D eigenvalue weighted by Crippen LogP contribution is 2.13. The third-order valence-corrected chi connectivity index (χ3v) is 2.29. The van der Waals surface area contributed by atoms with E-state index in [-0.39, 0.29) is 5.43 Å². The van der Waals surface area contributed by atoms with Crippen LogP contribution in [0, 0.1) is 20.8 Å². The second kappa shape index (κ2) is 2.45. The average Bonchev–Trinajstić information content (AvgIpc) is 2.43. The Balaban J connectivity index is 3.06. The van der Waals surface area contributed by atoms with Crippen molar-refractivity contribution < 1.29 is 4.52 Å². The number of nitrogens with one attached hydrogen (secondary N) is 1. The van der Waals surface area contributed by atoms with Crippen LogP contribution in [0.2, 0.25) is 0 Å². The van der Waals surface area contributed by atoms with Crippen LogP contribution in [-0.4, -0.2) is 10.1 Å². The highest BCUT2D eigenvalue weighted by atomic mass is 16.5. The molecule has 2 rings (SSSR count). The standard InChI is InChI=1S/C9H10N2O2/c1-4-5(2)10-9-7(8(4)12)6(3)11-13-9/h1-3H3,(H,10,12). The van der Waals surface area contributed by atoms with Crippen LogP contribution in [0.4, 0.5) is 0 Å². The van der Waals surface area contributed by atoms with Crippen molar-refractivity contribution in [3.05, 3.63) is 27.2 Å². The number of rotatable bonds is 0. The van der Waals surface area contributed by atoms with E-state index in [1.165, 1.54) is 0 Å². The Hall–Kier alpha value is -1.58. The van der Waals surface area contributed by atoms with Gasteiger partial charge in [-0.05, 0) is 20.8 Å². The molecule has 0 aliphatic heterocycles. The average molecular weight is 178 g/mol. The summed E-state index contributed by atoms with van der Waals surface area (Å²) >= 11 is 0. The monoisotopic (exact) mass is 178 g/mol. The molecule has 0 fully saturated rings. The first-order valence-electron chi connectivity index (χ1n) is 4.06. The molecule has 4 heteroatoms. The fraction of sp³-hybridized carbons (Fsp3) is 0.333. The van der Waals surface area contributed by atoms with Crippen molar-refractivity contribution in [1.29, 1.82) is 0 Å². The normalized spacial score (nSPS) is 11.0. The summed E-state index contributed by atoms with van der Waals surface area (Å²) in [4.78, 5) is 14.7. The number of pyridine rings is 1. The van der Waals surface area contributed by atoms with E-state index in [0.717, 1.165) is 11.3 Å². The van der Waals surface area contributed by atoms with Crippen molar-refractivity contribution in [3.63, 3.8) is 0 Å². The molecule has 0 amide bonds. The van der Waals surface area contributed by atoms with Gasteiger partial charge in [0.2, 0.25) is 5.71 Å². The summed E-state index contributed by atoms with van der Waals surface area (Å²) in [7, 11) is 0. The second-order valence-corrected chi connectivity index (χ2v) is 3.18. The predicted octanol–water partition coefficient (Wildman–Crippen LogP) is 1.44. The molecule has 13 heavy (non-hydrogen) atoms. The van der Waals surface area contributed by atoms with Crippen LogP contribution in [0.25, 0.3) is 11.1 Å². The lowest BCUT2D eigenvalue weighted by Crippen LogP contribution is -2.09. The second-order valence-electron chi connectivity index (χ2n) is 3.18. The third-order valence-electron chi connectivity index (χ3n) is 2.29. The van der Waals surface area contributed by atoms with Gasteiger partial charge in [0, 0.05) is 11.3 Å². The van der Waals surface area contributed by atoms with Gasteiger partial charge in [-0.2, -0.15) is 0 Å². The summed E-state index contributed by atoms with van der Waals surface area (Å²) in [5.74, 6) is 0. The Kier molecular flexibility index (Phi) is 1.52. The Morgan fingerprint density at radius 2 is 2.00 bits per heavy atom. The molecule has 2 aromatic heterocycles. The molecule has 4 nitrogen and oxygen atoms in total. The SMILES string of the molecule is Cc1[nH]c2onc(C)c2c(=O)c1C. The largest absolute Gasteiger partial charge is 0.337 e. The molecule has 2 heterocycles. The molecule has 0 atom stereocenters. The molecule has 0 aliphatic rings. The molecule has 2 aromatic rings. The summed E-state index contributed by atoms with van der Waals surface area (Å²) in [6, 6.07) is 0. The first-order chi connectivity index (χ1) is 6.11. The summed E-state index contributed by atoms with van der Waals surface area (Å²) in [6.07, 6.45) is 0. The fourth-order valence-electron chi connectivity index (χ4n) is 1.34. The predicted molar refractivity (Wildman–Crippen MR) is 48.8 cm³/mol. The number of hydrogen-bond acceptors (Lipinski definition) is 3. The summed E-state index contributed by atoms with van der Waals surface area (Å²) in [6.45, 7) is 5.39. The van der Waals surface area contributed by atoms with Gasteiger partial charge >= 0.3 is 0 Å². The van der Waals surface area contributed by atoms with Crippen molar-refractivity contribution in [3.8, 4) is 0 Å². The number of fused-ring (bicyclic) bond motifs is 1. The minimum absolute atomic E-state index is 0.00463. The van der Waals surface area contributed by atoms with Gasteiger partial charge in [0.05, 0.1) is 5.69 Å². The molecule has 0 radical (unpaired) electrons. The lowest BCUT2D eigenvalue weighted by Gasteiger charge is -1.97. The van der Waals surface area contributed by atoms with Crippen LogP contribution in [-0.2, 0) is 0 Å². The molecule has 0 aliphatic carbocycles. The molecule has 0 aromatic carbocycles. The maximum Gasteiger partial charge on any atom is 0.240 e. The number of aryl methyl sites for hydroxylation is 2. The zero-order chi connectivity index (χ0) is 9.59. The minimum atomic E-state index is 0.00463. The van der Waals surface area contributed by atoms with E-state index < -0.39 is 0 Å². The van der Waals surface area contributed by atoms with E-state index in [1.54, 1.807) is 13.8 Å². The number of aromatic amines is 1. The lowest BCUT2D eigenvalue weighted by molar-refractivity contribution is 0.442. The summed E-state index contributed by atoms with van der Waals surface area (Å²) in [5.41, 5.74) is 2.66. The number of H-pyrrole nitrogens is 1. The van der Waals surface area contributed by atoms with Crippen molar-refractivity contribution in [2.24, 2.45) is 0 Å². The number of nitrogens with zero attached hydrogens (tertiary/aromatic N) is 1. The fourth-order valence-corrected chi connectivity index (χ4v) is 1.34. The molecule has 0 unspecified atom stereocenters. The van der Waals surface area contributed by atoms with Crippen molar-refractivity contribution >= 4 is 11.1 Å². The van der Waals surface area contributed by atoms with Crippen molar-refractivity contribution in [2.75, 3.05) is 0 Å². The van der Waals surface area contributed by atoms with Crippen LogP contribution in [0.3, 0.4) is 0 Å². The van der Waals surface area contributed by atoms with Crippen LogP contribution in [0.5, 0.6) is 0 Å². The zero-order valence-electron chi connectivity index (χ0n) is 7.76. The Morgan fingerprint density at radius 3 is 2.69 bits per heavy atom. The molecule has 68 valence electrons. The smallest absolute Gasteiger partial charge is 0.240 e. The van der Waals surface area contributed by atoms with Crippen LogP contribution < -0.4 is 5.43 Å². The van der Waals surface area contributed by atoms with Gasteiger partial charge in [-0.25, -0.2) is 0 Å². The number of aromatic nitrogens is 2. The highest BCUT2D eigenvalue weighted by molar-refractivity contribution is 5.76. The van der Waals surface area contributed by atoms with Crippen LogP contribution in [0.1, 0.15) is 17.0 Å². The van der Waals surface area contributed by atoms with Gasteiger partial charge in [0.25, 0.3) is 0 Å². The molecule has 0 bridgehead atoms.